The standard InChI is InChI=1S/C15H22N2O2/c1-12-2-4-13(5-3-12)10-16-15(19)11-17(8-9-18)14-6-7-14/h2-5,14,18H,6-11H2,1H3,(H,16,19). The molecule has 4 nitrogen and oxygen atoms in total. The molecule has 19 heavy (non-hydrogen) atoms. The Hall–Kier alpha value is -1.39. The van der Waals surface area contributed by atoms with Crippen LogP contribution in [0.5, 0.6) is 0 Å². The summed E-state index contributed by atoms with van der Waals surface area (Å²) < 4.78 is 0. The molecular weight excluding hydrogens is 240 g/mol. The Balaban J connectivity index is 1.75. The van der Waals surface area contributed by atoms with E-state index in [1.165, 1.54) is 5.56 Å². The third kappa shape index (κ3) is 4.65. The lowest BCUT2D eigenvalue weighted by Crippen LogP contribution is -2.39. The summed E-state index contributed by atoms with van der Waals surface area (Å²) >= 11 is 0. The van der Waals surface area contributed by atoms with Crippen LogP contribution in [0.1, 0.15) is 24.0 Å². The molecule has 0 unspecified atom stereocenters. The Kier molecular flexibility index (Phi) is 4.93. The Labute approximate surface area is 114 Å². The van der Waals surface area contributed by atoms with Gasteiger partial charge >= 0.3 is 0 Å². The van der Waals surface area contributed by atoms with Crippen molar-refractivity contribution in [1.29, 1.82) is 0 Å². The highest BCUT2D eigenvalue weighted by Crippen LogP contribution is 2.25. The quantitative estimate of drug-likeness (QED) is 0.773. The van der Waals surface area contributed by atoms with Crippen LogP contribution < -0.4 is 5.32 Å². The summed E-state index contributed by atoms with van der Waals surface area (Å²) in [5.41, 5.74) is 2.33. The fraction of sp³-hybridized carbons (Fsp3) is 0.533. The maximum Gasteiger partial charge on any atom is 0.234 e. The topological polar surface area (TPSA) is 52.6 Å². The van der Waals surface area contributed by atoms with E-state index in [9.17, 15) is 4.79 Å². The number of aliphatic hydroxyl groups is 1. The second kappa shape index (κ2) is 6.68. The fourth-order valence-corrected chi connectivity index (χ4v) is 2.11. The number of amides is 1. The van der Waals surface area contributed by atoms with Gasteiger partial charge in [0.15, 0.2) is 0 Å². The predicted molar refractivity (Wildman–Crippen MR) is 74.7 cm³/mol. The van der Waals surface area contributed by atoms with Crippen LogP contribution in [-0.2, 0) is 11.3 Å². The van der Waals surface area contributed by atoms with E-state index in [4.69, 9.17) is 5.11 Å². The first kappa shape index (κ1) is 14.0. The van der Waals surface area contributed by atoms with Gasteiger partial charge in [0.2, 0.25) is 5.91 Å². The summed E-state index contributed by atoms with van der Waals surface area (Å²) in [6.45, 7) is 3.70. The molecule has 1 aromatic rings. The number of carbonyl (C=O) groups excluding carboxylic acids is 1. The van der Waals surface area contributed by atoms with Crippen molar-refractivity contribution in [2.24, 2.45) is 0 Å². The van der Waals surface area contributed by atoms with E-state index in [1.54, 1.807) is 0 Å². The van der Waals surface area contributed by atoms with Crippen LogP contribution in [0.2, 0.25) is 0 Å². The number of hydrogen-bond acceptors (Lipinski definition) is 3. The molecule has 104 valence electrons. The zero-order chi connectivity index (χ0) is 13.7. The molecular formula is C15H22N2O2. The van der Waals surface area contributed by atoms with Gasteiger partial charge in [0, 0.05) is 19.1 Å². The zero-order valence-corrected chi connectivity index (χ0v) is 11.4. The molecule has 1 fully saturated rings. The van der Waals surface area contributed by atoms with E-state index in [0.717, 1.165) is 18.4 Å². The molecule has 1 aromatic carbocycles. The Morgan fingerprint density at radius 2 is 2.05 bits per heavy atom. The summed E-state index contributed by atoms with van der Waals surface area (Å²) in [7, 11) is 0. The van der Waals surface area contributed by atoms with E-state index in [2.05, 4.69) is 10.2 Å². The minimum Gasteiger partial charge on any atom is -0.395 e. The van der Waals surface area contributed by atoms with Crippen molar-refractivity contribution in [1.82, 2.24) is 10.2 Å². The average molecular weight is 262 g/mol. The molecule has 0 aliphatic heterocycles. The van der Waals surface area contributed by atoms with Gasteiger partial charge in [-0.3, -0.25) is 9.69 Å². The largest absolute Gasteiger partial charge is 0.395 e. The average Bonchev–Trinajstić information content (AvgIpc) is 3.22. The third-order valence-corrected chi connectivity index (χ3v) is 3.41. The van der Waals surface area contributed by atoms with E-state index >= 15 is 0 Å². The molecule has 0 heterocycles. The first-order chi connectivity index (χ1) is 9.19. The molecule has 0 radical (unpaired) electrons. The van der Waals surface area contributed by atoms with Crippen LogP contribution in [0.15, 0.2) is 24.3 Å². The molecule has 0 spiro atoms. The zero-order valence-electron chi connectivity index (χ0n) is 11.4. The fourth-order valence-electron chi connectivity index (χ4n) is 2.11. The molecule has 4 heteroatoms. The lowest BCUT2D eigenvalue weighted by molar-refractivity contribution is -0.122. The van der Waals surface area contributed by atoms with Gasteiger partial charge in [0.05, 0.1) is 13.2 Å². The van der Waals surface area contributed by atoms with Gasteiger partial charge in [0.1, 0.15) is 0 Å². The summed E-state index contributed by atoms with van der Waals surface area (Å²) in [6.07, 6.45) is 2.29. The van der Waals surface area contributed by atoms with Crippen LogP contribution in [0, 0.1) is 6.92 Å². The number of hydrogen-bond donors (Lipinski definition) is 2. The van der Waals surface area contributed by atoms with Gasteiger partial charge in [-0.05, 0) is 25.3 Å². The minimum absolute atomic E-state index is 0.0286. The van der Waals surface area contributed by atoms with E-state index in [0.29, 0.717) is 25.7 Å². The Morgan fingerprint density at radius 1 is 1.37 bits per heavy atom. The molecule has 1 aliphatic rings. The predicted octanol–water partition coefficient (Wildman–Crippen LogP) is 1.07. The number of aryl methyl sites for hydroxylation is 1. The molecule has 0 atom stereocenters. The van der Waals surface area contributed by atoms with Gasteiger partial charge in [-0.1, -0.05) is 29.8 Å². The van der Waals surface area contributed by atoms with Crippen LogP contribution >= 0.6 is 0 Å². The Morgan fingerprint density at radius 3 is 2.63 bits per heavy atom. The van der Waals surface area contributed by atoms with Gasteiger partial charge in [-0.25, -0.2) is 0 Å². The van der Waals surface area contributed by atoms with E-state index < -0.39 is 0 Å². The monoisotopic (exact) mass is 262 g/mol. The highest BCUT2D eigenvalue weighted by Gasteiger charge is 2.29. The first-order valence-corrected chi connectivity index (χ1v) is 6.86. The van der Waals surface area contributed by atoms with Gasteiger partial charge in [0.25, 0.3) is 0 Å². The van der Waals surface area contributed by atoms with Crippen molar-refractivity contribution < 1.29 is 9.90 Å². The maximum atomic E-state index is 11.9. The first-order valence-electron chi connectivity index (χ1n) is 6.86. The number of aliphatic hydroxyl groups excluding tert-OH is 1. The third-order valence-electron chi connectivity index (χ3n) is 3.41. The van der Waals surface area contributed by atoms with Crippen molar-refractivity contribution in [3.63, 3.8) is 0 Å². The second-order valence-corrected chi connectivity index (χ2v) is 5.19. The highest BCUT2D eigenvalue weighted by molar-refractivity contribution is 5.78. The maximum absolute atomic E-state index is 11.9. The molecule has 0 aromatic heterocycles. The summed E-state index contributed by atoms with van der Waals surface area (Å²) in [5.74, 6) is 0.0286. The molecule has 0 bridgehead atoms. The van der Waals surface area contributed by atoms with Crippen LogP contribution in [-0.4, -0.2) is 41.7 Å². The van der Waals surface area contributed by atoms with Gasteiger partial charge in [-0.2, -0.15) is 0 Å². The molecule has 2 N–H and O–H groups in total. The summed E-state index contributed by atoms with van der Waals surface area (Å²) in [4.78, 5) is 13.9. The van der Waals surface area contributed by atoms with Crippen LogP contribution in [0.4, 0.5) is 0 Å². The summed E-state index contributed by atoms with van der Waals surface area (Å²) in [6, 6.07) is 8.65. The number of benzene rings is 1. The van der Waals surface area contributed by atoms with E-state index in [1.807, 2.05) is 31.2 Å². The second-order valence-electron chi connectivity index (χ2n) is 5.19. The van der Waals surface area contributed by atoms with Crippen LogP contribution in [0.3, 0.4) is 0 Å². The molecule has 1 aliphatic carbocycles. The SMILES string of the molecule is Cc1ccc(CNC(=O)CN(CCO)C2CC2)cc1. The smallest absolute Gasteiger partial charge is 0.234 e. The Bertz CT molecular complexity index is 413. The van der Waals surface area contributed by atoms with Gasteiger partial charge in [-0.15, -0.1) is 0 Å². The normalized spacial score (nSPS) is 14.7. The lowest BCUT2D eigenvalue weighted by Gasteiger charge is -2.20. The molecule has 2 rings (SSSR count). The number of carbonyl (C=O) groups is 1. The van der Waals surface area contributed by atoms with Crippen molar-refractivity contribution in [3.8, 4) is 0 Å². The number of rotatable bonds is 7. The molecule has 1 amide bonds. The highest BCUT2D eigenvalue weighted by atomic mass is 16.3. The molecule has 0 saturated heterocycles. The van der Waals surface area contributed by atoms with Crippen molar-refractivity contribution in [2.75, 3.05) is 19.7 Å². The lowest BCUT2D eigenvalue weighted by atomic mass is 10.1. The van der Waals surface area contributed by atoms with Gasteiger partial charge < -0.3 is 10.4 Å². The van der Waals surface area contributed by atoms with Crippen molar-refractivity contribution >= 4 is 5.91 Å². The summed E-state index contributed by atoms with van der Waals surface area (Å²) in [5, 5.41) is 11.9. The van der Waals surface area contributed by atoms with E-state index in [-0.39, 0.29) is 12.5 Å². The molecule has 1 saturated carbocycles. The number of nitrogens with zero attached hydrogens (tertiary/aromatic N) is 1. The number of nitrogens with one attached hydrogen (secondary N) is 1. The van der Waals surface area contributed by atoms with Crippen molar-refractivity contribution in [3.05, 3.63) is 35.4 Å². The van der Waals surface area contributed by atoms with Crippen LogP contribution in [0.25, 0.3) is 0 Å². The van der Waals surface area contributed by atoms with Crippen molar-refractivity contribution in [2.45, 2.75) is 32.4 Å². The minimum atomic E-state index is 0.0286.